The number of amides is 1. The second-order valence-electron chi connectivity index (χ2n) is 9.88. The molecule has 1 aromatic carbocycles. The van der Waals surface area contributed by atoms with Crippen LogP contribution in [-0.4, -0.2) is 82.6 Å². The zero-order valence-electron chi connectivity index (χ0n) is 20.4. The molecule has 2 fully saturated rings. The minimum Gasteiger partial charge on any atom is -0.381 e. The molecule has 1 unspecified atom stereocenters. The number of benzene rings is 1. The summed E-state index contributed by atoms with van der Waals surface area (Å²) in [5.41, 5.74) is 5.02. The maximum Gasteiger partial charge on any atom is 0.219 e. The number of rotatable bonds is 8. The summed E-state index contributed by atoms with van der Waals surface area (Å²) in [6, 6.07) is 7.95. The number of nitrogens with one attached hydrogen (secondary N) is 2. The van der Waals surface area contributed by atoms with Crippen LogP contribution in [0.4, 0.5) is 5.69 Å². The number of H-pyrrole nitrogens is 1. The first-order chi connectivity index (χ1) is 16.6. The van der Waals surface area contributed by atoms with Gasteiger partial charge in [0.15, 0.2) is 0 Å². The Morgan fingerprint density at radius 1 is 1.21 bits per heavy atom. The van der Waals surface area contributed by atoms with Crippen LogP contribution in [0.15, 0.2) is 23.2 Å². The van der Waals surface area contributed by atoms with Gasteiger partial charge in [-0.05, 0) is 49.3 Å². The lowest BCUT2D eigenvalue weighted by Gasteiger charge is -2.34. The molecule has 0 bridgehead atoms. The number of carbonyl (C=O) groups excluding carboxylic acids is 1. The Kier molecular flexibility index (Phi) is 7.76. The van der Waals surface area contributed by atoms with E-state index in [0.717, 1.165) is 61.4 Å². The third-order valence-electron chi connectivity index (χ3n) is 7.35. The zero-order valence-corrected chi connectivity index (χ0v) is 22.1. The summed E-state index contributed by atoms with van der Waals surface area (Å²) in [5, 5.41) is 6.29. The van der Waals surface area contributed by atoms with E-state index in [4.69, 9.17) is 4.99 Å². The maximum atomic E-state index is 11.5. The normalized spacial score (nSPS) is 22.0. The van der Waals surface area contributed by atoms with Crippen molar-refractivity contribution in [3.8, 4) is 0 Å². The van der Waals surface area contributed by atoms with E-state index >= 15 is 0 Å². The smallest absolute Gasteiger partial charge is 0.219 e. The van der Waals surface area contributed by atoms with Crippen LogP contribution in [0.3, 0.4) is 0 Å². The Hall–Kier alpha value is -1.64. The summed E-state index contributed by atoms with van der Waals surface area (Å²) in [7, 11) is 0. The van der Waals surface area contributed by atoms with Gasteiger partial charge in [0.1, 0.15) is 5.04 Å². The molecule has 5 rings (SSSR count). The molecule has 8 heteroatoms. The monoisotopic (exact) mass is 499 g/mol. The molecule has 0 spiro atoms. The first-order valence-corrected chi connectivity index (χ1v) is 15.1. The Labute approximate surface area is 211 Å². The summed E-state index contributed by atoms with van der Waals surface area (Å²) in [4.78, 5) is 24.8. The fourth-order valence-electron chi connectivity index (χ4n) is 5.40. The minimum absolute atomic E-state index is 0.196. The highest BCUT2D eigenvalue weighted by Gasteiger charge is 2.24. The number of aromatic amines is 1. The van der Waals surface area contributed by atoms with Crippen LogP contribution in [0, 0.1) is 0 Å². The van der Waals surface area contributed by atoms with Crippen LogP contribution >= 0.6 is 23.5 Å². The molecule has 1 saturated heterocycles. The third kappa shape index (κ3) is 5.60. The van der Waals surface area contributed by atoms with E-state index in [2.05, 4.69) is 39.7 Å². The molecule has 6 nitrogen and oxygen atoms in total. The predicted molar refractivity (Wildman–Crippen MR) is 147 cm³/mol. The van der Waals surface area contributed by atoms with E-state index in [0.29, 0.717) is 12.1 Å². The topological polar surface area (TPSA) is 63.7 Å². The molecule has 1 amide bonds. The van der Waals surface area contributed by atoms with Gasteiger partial charge in [-0.3, -0.25) is 14.7 Å². The Morgan fingerprint density at radius 3 is 2.74 bits per heavy atom. The second-order valence-corrected chi connectivity index (χ2v) is 11.8. The average molecular weight is 500 g/mol. The number of hydrogen-bond acceptors (Lipinski definition) is 6. The van der Waals surface area contributed by atoms with E-state index in [9.17, 15) is 4.79 Å². The van der Waals surface area contributed by atoms with Crippen LogP contribution < -0.4 is 5.32 Å². The number of aliphatic imine (C=N–C) groups is 1. The summed E-state index contributed by atoms with van der Waals surface area (Å²) in [5.74, 6) is 2.29. The quantitative estimate of drug-likeness (QED) is 0.546. The number of thioether (sulfide) groups is 2. The third-order valence-corrected chi connectivity index (χ3v) is 9.13. The molecule has 2 aromatic rings. The van der Waals surface area contributed by atoms with E-state index in [1.54, 1.807) is 6.92 Å². The van der Waals surface area contributed by atoms with Gasteiger partial charge in [-0.25, -0.2) is 0 Å². The molecule has 3 heterocycles. The van der Waals surface area contributed by atoms with Crippen molar-refractivity contribution in [2.24, 2.45) is 4.99 Å². The number of anilines is 1. The number of hydrogen-bond donors (Lipinski definition) is 2. The van der Waals surface area contributed by atoms with Crippen molar-refractivity contribution in [1.82, 2.24) is 14.8 Å². The van der Waals surface area contributed by atoms with Crippen molar-refractivity contribution < 1.29 is 4.79 Å². The highest BCUT2D eigenvalue weighted by molar-refractivity contribution is 8.14. The van der Waals surface area contributed by atoms with Gasteiger partial charge < -0.3 is 15.2 Å². The molecule has 0 radical (unpaired) electrons. The van der Waals surface area contributed by atoms with E-state index in [1.807, 2.05) is 28.4 Å². The summed E-state index contributed by atoms with van der Waals surface area (Å²) < 4.78 is 0. The van der Waals surface area contributed by atoms with Crippen molar-refractivity contribution in [3.05, 3.63) is 29.5 Å². The Bertz CT molecular complexity index is 1040. The van der Waals surface area contributed by atoms with Gasteiger partial charge in [-0.15, -0.1) is 11.8 Å². The molecule has 1 atom stereocenters. The number of fused-ring (bicyclic) bond motifs is 1. The lowest BCUT2D eigenvalue weighted by atomic mass is 10.1. The SMILES string of the molecule is CSCc1cc(NC2CCCC2)c2[nH]c(C3=NC(CCN4CCN(C(C)=O)CC4)CS3)cc2c1. The van der Waals surface area contributed by atoms with Gasteiger partial charge in [0.05, 0.1) is 22.9 Å². The summed E-state index contributed by atoms with van der Waals surface area (Å²) >= 11 is 3.76. The first kappa shape index (κ1) is 24.1. The fourth-order valence-corrected chi connectivity index (χ4v) is 6.98. The average Bonchev–Trinajstić information content (AvgIpc) is 3.59. The van der Waals surface area contributed by atoms with Crippen molar-refractivity contribution in [2.75, 3.05) is 50.0 Å². The molecule has 2 aliphatic heterocycles. The van der Waals surface area contributed by atoms with Crippen molar-refractivity contribution in [2.45, 2.75) is 56.9 Å². The lowest BCUT2D eigenvalue weighted by molar-refractivity contribution is -0.130. The highest BCUT2D eigenvalue weighted by Crippen LogP contribution is 2.33. The minimum atomic E-state index is 0.196. The molecule has 184 valence electrons. The van der Waals surface area contributed by atoms with Gasteiger partial charge in [-0.2, -0.15) is 11.8 Å². The largest absolute Gasteiger partial charge is 0.381 e. The number of piperazine rings is 1. The molecule has 1 aromatic heterocycles. The van der Waals surface area contributed by atoms with Gasteiger partial charge in [0.25, 0.3) is 0 Å². The number of aromatic nitrogens is 1. The predicted octanol–water partition coefficient (Wildman–Crippen LogP) is 4.80. The van der Waals surface area contributed by atoms with Gasteiger partial charge in [0.2, 0.25) is 5.91 Å². The molecule has 2 N–H and O–H groups in total. The fraction of sp³-hybridized carbons (Fsp3) is 0.615. The molecule has 3 aliphatic rings. The lowest BCUT2D eigenvalue weighted by Crippen LogP contribution is -2.48. The first-order valence-electron chi connectivity index (χ1n) is 12.7. The van der Waals surface area contributed by atoms with E-state index < -0.39 is 0 Å². The summed E-state index contributed by atoms with van der Waals surface area (Å²) in [6.45, 7) is 6.40. The molecule has 1 saturated carbocycles. The summed E-state index contributed by atoms with van der Waals surface area (Å²) in [6.07, 6.45) is 8.48. The zero-order chi connectivity index (χ0) is 23.5. The van der Waals surface area contributed by atoms with E-state index in [-0.39, 0.29) is 5.91 Å². The maximum absolute atomic E-state index is 11.5. The molecular formula is C26H37N5OS2. The van der Waals surface area contributed by atoms with Crippen molar-refractivity contribution in [3.63, 3.8) is 0 Å². The van der Waals surface area contributed by atoms with Crippen molar-refractivity contribution in [1.29, 1.82) is 0 Å². The van der Waals surface area contributed by atoms with Crippen LogP contribution in [0.2, 0.25) is 0 Å². The van der Waals surface area contributed by atoms with Gasteiger partial charge in [0, 0.05) is 62.6 Å². The van der Waals surface area contributed by atoms with Crippen LogP contribution in [0.5, 0.6) is 0 Å². The standard InChI is InChI=1S/C26H37N5OS2/c1-18(32)31-11-9-30(10-12-31)8-7-22-17-34-26(28-22)24-15-20-13-19(16-33-2)14-23(25(20)29-24)27-21-5-3-4-6-21/h13-15,21-22,27,29H,3-12,16-17H2,1-2H3. The second kappa shape index (κ2) is 11.0. The van der Waals surface area contributed by atoms with Crippen LogP contribution in [0.1, 0.15) is 50.3 Å². The van der Waals surface area contributed by atoms with Crippen LogP contribution in [0.25, 0.3) is 10.9 Å². The Morgan fingerprint density at radius 2 is 2.00 bits per heavy atom. The number of nitrogens with zero attached hydrogens (tertiary/aromatic N) is 3. The highest BCUT2D eigenvalue weighted by atomic mass is 32.2. The van der Waals surface area contributed by atoms with Gasteiger partial charge in [-0.1, -0.05) is 12.8 Å². The van der Waals surface area contributed by atoms with Crippen molar-refractivity contribution >= 4 is 51.1 Å². The van der Waals surface area contributed by atoms with E-state index in [1.165, 1.54) is 47.8 Å². The molecule has 34 heavy (non-hydrogen) atoms. The number of carbonyl (C=O) groups is 1. The molecular weight excluding hydrogens is 462 g/mol. The Balaban J connectivity index is 1.26. The molecule has 1 aliphatic carbocycles. The van der Waals surface area contributed by atoms with Gasteiger partial charge >= 0.3 is 0 Å². The van der Waals surface area contributed by atoms with Crippen LogP contribution in [-0.2, 0) is 10.5 Å².